The number of carbonyl (C=O) groups excluding carboxylic acids is 3. The lowest BCUT2D eigenvalue weighted by atomic mass is 9.77. The molecule has 2 aromatic rings. The van der Waals surface area contributed by atoms with E-state index in [1.807, 2.05) is 37.3 Å². The fraction of sp³-hybridized carbons (Fsp3) is 0.323. The van der Waals surface area contributed by atoms with Crippen LogP contribution < -0.4 is 9.47 Å². The molecule has 0 N–H and O–H groups in total. The van der Waals surface area contributed by atoms with Crippen LogP contribution in [0.25, 0.3) is 0 Å². The highest BCUT2D eigenvalue weighted by molar-refractivity contribution is 8.49. The normalized spacial score (nSPS) is 21.7. The van der Waals surface area contributed by atoms with Crippen LogP contribution in [-0.2, 0) is 30.9 Å². The van der Waals surface area contributed by atoms with Crippen LogP contribution in [0.1, 0.15) is 43.0 Å². The summed E-state index contributed by atoms with van der Waals surface area (Å²) in [5.41, 5.74) is 3.81. The lowest BCUT2D eigenvalue weighted by Gasteiger charge is -2.28. The first kappa shape index (κ1) is 28.4. The molecule has 4 rings (SSSR count). The molecule has 2 aliphatic heterocycles. The first-order valence-electron chi connectivity index (χ1n) is 12.7. The van der Waals surface area contributed by atoms with Crippen LogP contribution >= 0.6 is 10.0 Å². The number of methoxy groups -OCH3 is 1. The molecule has 1 saturated heterocycles. The minimum atomic E-state index is -2.06. The standard InChI is InChI=1S/C31H34O7S/c1-7-8-28(32)37-27-12-10-24(16-22(27)17-25-18-36-25)31(3,4)23-9-11-26(20(2)15-23)38-30(34)39(6)14-13-21(19-39)29(33)35-5/h7-16,19,25H,17-18H2,1-6H3/b8-7+. The molecule has 0 aromatic heterocycles. The minimum Gasteiger partial charge on any atom is -0.465 e. The zero-order valence-corrected chi connectivity index (χ0v) is 23.9. The second-order valence-corrected chi connectivity index (χ2v) is 13.2. The van der Waals surface area contributed by atoms with E-state index in [4.69, 9.17) is 18.9 Å². The number of allylic oxidation sites excluding steroid dienone is 1. The predicted octanol–water partition coefficient (Wildman–Crippen LogP) is 6.26. The molecule has 2 unspecified atom stereocenters. The van der Waals surface area contributed by atoms with E-state index in [0.717, 1.165) is 22.3 Å². The summed E-state index contributed by atoms with van der Waals surface area (Å²) >= 11 is 0. The molecule has 2 atom stereocenters. The fourth-order valence-electron chi connectivity index (χ4n) is 4.33. The summed E-state index contributed by atoms with van der Waals surface area (Å²) in [5.74, 6) is 0.117. The number of aryl methyl sites for hydroxylation is 1. The fourth-order valence-corrected chi connectivity index (χ4v) is 6.02. The summed E-state index contributed by atoms with van der Waals surface area (Å²) in [6.07, 6.45) is 7.23. The van der Waals surface area contributed by atoms with E-state index < -0.39 is 27.3 Å². The van der Waals surface area contributed by atoms with Gasteiger partial charge in [-0.05, 0) is 71.4 Å². The molecule has 39 heavy (non-hydrogen) atoms. The Labute approximate surface area is 230 Å². The van der Waals surface area contributed by atoms with Crippen molar-refractivity contribution in [1.29, 1.82) is 0 Å². The van der Waals surface area contributed by atoms with Gasteiger partial charge in [0.2, 0.25) is 0 Å². The van der Waals surface area contributed by atoms with Crippen molar-refractivity contribution in [3.63, 3.8) is 0 Å². The Balaban J connectivity index is 1.56. The molecule has 0 saturated carbocycles. The van der Waals surface area contributed by atoms with Crippen molar-refractivity contribution in [3.8, 4) is 11.5 Å². The van der Waals surface area contributed by atoms with Crippen LogP contribution in [-0.4, -0.2) is 43.3 Å². The van der Waals surface area contributed by atoms with Gasteiger partial charge in [0.1, 0.15) is 11.5 Å². The summed E-state index contributed by atoms with van der Waals surface area (Å²) in [6.45, 7) is 8.62. The molecule has 206 valence electrons. The third-order valence-corrected chi connectivity index (χ3v) is 9.16. The molecule has 0 radical (unpaired) electrons. The number of ether oxygens (including phenoxy) is 4. The number of benzene rings is 2. The molecule has 0 aliphatic carbocycles. The van der Waals surface area contributed by atoms with Crippen LogP contribution in [0, 0.1) is 6.92 Å². The highest BCUT2D eigenvalue weighted by Gasteiger charge is 2.32. The van der Waals surface area contributed by atoms with Crippen LogP contribution in [0.2, 0.25) is 0 Å². The van der Waals surface area contributed by atoms with E-state index in [1.54, 1.807) is 36.1 Å². The topological polar surface area (TPSA) is 91.4 Å². The summed E-state index contributed by atoms with van der Waals surface area (Å²) in [6, 6.07) is 11.7. The van der Waals surface area contributed by atoms with Gasteiger partial charge in [-0.15, -0.1) is 10.0 Å². The molecule has 0 spiro atoms. The van der Waals surface area contributed by atoms with E-state index in [2.05, 4.69) is 19.9 Å². The average Bonchev–Trinajstić information content (AvgIpc) is 3.63. The summed E-state index contributed by atoms with van der Waals surface area (Å²) in [5, 5.41) is 2.96. The van der Waals surface area contributed by atoms with Crippen LogP contribution in [0.3, 0.4) is 0 Å². The second-order valence-electron chi connectivity index (χ2n) is 10.3. The SMILES string of the molecule is C/C=C/C(=O)Oc1ccc(C(C)(C)c2ccc(OC(=O)S3(C)C=CC(C(=O)OC)=C3)c(C)c2)cc1CC1CO1. The van der Waals surface area contributed by atoms with Gasteiger partial charge in [-0.3, -0.25) is 0 Å². The smallest absolute Gasteiger partial charge is 0.362 e. The van der Waals surface area contributed by atoms with Crippen LogP contribution in [0.5, 0.6) is 11.5 Å². The maximum Gasteiger partial charge on any atom is 0.362 e. The number of epoxide rings is 1. The first-order chi connectivity index (χ1) is 18.5. The predicted molar refractivity (Wildman–Crippen MR) is 152 cm³/mol. The van der Waals surface area contributed by atoms with Crippen LogP contribution in [0.15, 0.2) is 71.0 Å². The maximum absolute atomic E-state index is 13.0. The largest absolute Gasteiger partial charge is 0.465 e. The third kappa shape index (κ3) is 6.34. The van der Waals surface area contributed by atoms with Gasteiger partial charge in [0.05, 0.1) is 25.4 Å². The Bertz CT molecular complexity index is 1400. The quantitative estimate of drug-likeness (QED) is 0.166. The van der Waals surface area contributed by atoms with E-state index >= 15 is 0 Å². The van der Waals surface area contributed by atoms with Crippen molar-refractivity contribution in [2.75, 3.05) is 20.0 Å². The Morgan fingerprint density at radius 2 is 1.74 bits per heavy atom. The zero-order chi connectivity index (χ0) is 28.4. The molecule has 7 nitrogen and oxygen atoms in total. The molecular formula is C31H34O7S. The first-order valence-corrected chi connectivity index (χ1v) is 14.8. The summed E-state index contributed by atoms with van der Waals surface area (Å²) in [7, 11) is -0.755. The van der Waals surface area contributed by atoms with Crippen molar-refractivity contribution in [3.05, 3.63) is 93.3 Å². The van der Waals surface area contributed by atoms with E-state index in [-0.39, 0.29) is 11.5 Å². The van der Waals surface area contributed by atoms with Gasteiger partial charge in [-0.1, -0.05) is 44.2 Å². The highest BCUT2D eigenvalue weighted by atomic mass is 32.3. The molecule has 2 aromatic carbocycles. The van der Waals surface area contributed by atoms with Gasteiger partial charge < -0.3 is 18.9 Å². The van der Waals surface area contributed by atoms with Crippen molar-refractivity contribution < 1.29 is 33.3 Å². The van der Waals surface area contributed by atoms with Gasteiger partial charge >= 0.3 is 17.2 Å². The Morgan fingerprint density at radius 1 is 1.08 bits per heavy atom. The van der Waals surface area contributed by atoms with E-state index in [9.17, 15) is 14.4 Å². The van der Waals surface area contributed by atoms with Gasteiger partial charge in [-0.2, -0.15) is 0 Å². The molecule has 8 heteroatoms. The molecule has 1 fully saturated rings. The molecule has 2 aliphatic rings. The molecule has 0 amide bonds. The molecule has 0 bridgehead atoms. The number of rotatable bonds is 8. The Hall–Kier alpha value is -3.62. The zero-order valence-electron chi connectivity index (χ0n) is 23.1. The maximum atomic E-state index is 13.0. The summed E-state index contributed by atoms with van der Waals surface area (Å²) in [4.78, 5) is 37.0. The Morgan fingerprint density at radius 3 is 2.36 bits per heavy atom. The average molecular weight is 551 g/mol. The van der Waals surface area contributed by atoms with Crippen molar-refractivity contribution >= 4 is 27.3 Å². The van der Waals surface area contributed by atoms with Crippen molar-refractivity contribution in [2.24, 2.45) is 0 Å². The number of hydrogen-bond donors (Lipinski definition) is 0. The van der Waals surface area contributed by atoms with Crippen molar-refractivity contribution in [1.82, 2.24) is 0 Å². The van der Waals surface area contributed by atoms with E-state index in [1.165, 1.54) is 13.2 Å². The highest BCUT2D eigenvalue weighted by Crippen LogP contribution is 2.54. The lowest BCUT2D eigenvalue weighted by Crippen LogP contribution is -2.20. The third-order valence-electron chi connectivity index (χ3n) is 6.92. The van der Waals surface area contributed by atoms with E-state index in [0.29, 0.717) is 30.1 Å². The van der Waals surface area contributed by atoms with Gasteiger partial charge in [0.15, 0.2) is 0 Å². The summed E-state index contributed by atoms with van der Waals surface area (Å²) < 4.78 is 21.6. The number of hydrogen-bond acceptors (Lipinski definition) is 7. The van der Waals surface area contributed by atoms with Gasteiger partial charge in [-0.25, -0.2) is 14.4 Å². The molecule has 2 heterocycles. The number of carbonyl (C=O) groups is 3. The van der Waals surface area contributed by atoms with Crippen molar-refractivity contribution in [2.45, 2.75) is 45.6 Å². The second kappa shape index (κ2) is 11.2. The van der Waals surface area contributed by atoms with Gasteiger partial charge in [0.25, 0.3) is 0 Å². The van der Waals surface area contributed by atoms with Crippen LogP contribution in [0.4, 0.5) is 4.79 Å². The van der Waals surface area contributed by atoms with Gasteiger partial charge in [0, 0.05) is 17.9 Å². The Kier molecular flexibility index (Phi) is 8.18. The lowest BCUT2D eigenvalue weighted by molar-refractivity contribution is -0.135. The monoisotopic (exact) mass is 550 g/mol. The minimum absolute atomic E-state index is 0.135. The number of esters is 2. The molecular weight excluding hydrogens is 516 g/mol.